The third-order valence-electron chi connectivity index (χ3n) is 3.81. The second kappa shape index (κ2) is 4.87. The van der Waals surface area contributed by atoms with Crippen LogP contribution in [-0.2, 0) is 0 Å². The van der Waals surface area contributed by atoms with Crippen LogP contribution in [0.2, 0.25) is 0 Å². The van der Waals surface area contributed by atoms with Crippen LogP contribution < -0.4 is 4.74 Å². The highest BCUT2D eigenvalue weighted by atomic mass is 32.1. The number of aromatic nitrogens is 2. The molecule has 2 aromatic heterocycles. The van der Waals surface area contributed by atoms with E-state index in [4.69, 9.17) is 4.74 Å². The van der Waals surface area contributed by atoms with E-state index >= 15 is 0 Å². The fraction of sp³-hybridized carbons (Fsp3) is 0.250. The fourth-order valence-corrected chi connectivity index (χ4v) is 3.11. The summed E-state index contributed by atoms with van der Waals surface area (Å²) in [4.78, 5) is 9.53. The number of rotatable bonds is 3. The first-order chi connectivity index (χ1) is 9.92. The fourth-order valence-electron chi connectivity index (χ4n) is 2.47. The van der Waals surface area contributed by atoms with E-state index < -0.39 is 0 Å². The number of benzene rings is 1. The molecule has 0 aliphatic heterocycles. The summed E-state index contributed by atoms with van der Waals surface area (Å²) in [7, 11) is 0. The number of hydrogen-bond acceptors (Lipinski definition) is 4. The van der Waals surface area contributed by atoms with Crippen LogP contribution in [0.3, 0.4) is 0 Å². The lowest BCUT2D eigenvalue weighted by molar-refractivity contribution is 0.123. The lowest BCUT2D eigenvalue weighted by atomic mass is 9.95. The van der Waals surface area contributed by atoms with Gasteiger partial charge in [0.05, 0.1) is 16.5 Å². The Morgan fingerprint density at radius 1 is 1.10 bits per heavy atom. The van der Waals surface area contributed by atoms with E-state index in [1.54, 1.807) is 11.3 Å². The van der Waals surface area contributed by atoms with E-state index in [9.17, 15) is 0 Å². The van der Waals surface area contributed by atoms with Crippen molar-refractivity contribution in [1.82, 2.24) is 9.97 Å². The molecule has 0 spiro atoms. The van der Waals surface area contributed by atoms with Gasteiger partial charge in [0, 0.05) is 34.9 Å². The van der Waals surface area contributed by atoms with E-state index in [1.807, 2.05) is 30.2 Å². The predicted molar refractivity (Wildman–Crippen MR) is 81.1 cm³/mol. The van der Waals surface area contributed by atoms with Crippen LogP contribution in [0.1, 0.15) is 19.3 Å². The second-order valence-electron chi connectivity index (χ2n) is 5.08. The van der Waals surface area contributed by atoms with Crippen LogP contribution in [0.4, 0.5) is 0 Å². The Labute approximate surface area is 121 Å². The normalized spacial score (nSPS) is 15.2. The summed E-state index contributed by atoms with van der Waals surface area (Å²) in [5.41, 5.74) is 3.00. The lowest BCUT2D eigenvalue weighted by Crippen LogP contribution is -2.24. The highest BCUT2D eigenvalue weighted by Gasteiger charge is 2.22. The van der Waals surface area contributed by atoms with E-state index in [2.05, 4.69) is 22.1 Å². The van der Waals surface area contributed by atoms with E-state index in [1.165, 1.54) is 6.42 Å². The highest BCUT2D eigenvalue weighted by Crippen LogP contribution is 2.40. The Hall–Kier alpha value is -1.94. The average Bonchev–Trinajstić information content (AvgIpc) is 2.96. The van der Waals surface area contributed by atoms with E-state index in [0.29, 0.717) is 6.10 Å². The van der Waals surface area contributed by atoms with Gasteiger partial charge in [0.25, 0.3) is 0 Å². The molecule has 3 nitrogen and oxygen atoms in total. The lowest BCUT2D eigenvalue weighted by Gasteiger charge is -2.28. The van der Waals surface area contributed by atoms with Crippen molar-refractivity contribution in [2.45, 2.75) is 25.4 Å². The van der Waals surface area contributed by atoms with Crippen molar-refractivity contribution in [1.29, 1.82) is 0 Å². The molecule has 0 saturated heterocycles. The van der Waals surface area contributed by atoms with Gasteiger partial charge in [0.15, 0.2) is 0 Å². The smallest absolute Gasteiger partial charge is 0.136 e. The molecule has 4 rings (SSSR count). The van der Waals surface area contributed by atoms with Crippen molar-refractivity contribution < 1.29 is 4.74 Å². The SMILES string of the molecule is c1cc2c(OC3CCC3)c(-c3cncs3)ccc2cn1. The standard InChI is InChI=1S/C16H14N2OS/c1-2-12(3-1)19-16-13-6-7-17-8-11(13)4-5-14(16)15-9-18-10-20-15/h4-10,12H,1-3H2. The Morgan fingerprint density at radius 2 is 2.05 bits per heavy atom. The third-order valence-corrected chi connectivity index (χ3v) is 4.61. The maximum atomic E-state index is 6.27. The number of ether oxygens (including phenoxy) is 1. The van der Waals surface area contributed by atoms with E-state index in [-0.39, 0.29) is 0 Å². The second-order valence-corrected chi connectivity index (χ2v) is 5.96. The summed E-state index contributed by atoms with van der Waals surface area (Å²) in [6.07, 6.45) is 9.56. The van der Waals surface area contributed by atoms with Gasteiger partial charge in [0.2, 0.25) is 0 Å². The van der Waals surface area contributed by atoms with E-state index in [0.717, 1.165) is 39.8 Å². The molecular formula is C16H14N2OS. The summed E-state index contributed by atoms with van der Waals surface area (Å²) < 4.78 is 6.27. The Bertz CT molecular complexity index is 735. The topological polar surface area (TPSA) is 35.0 Å². The largest absolute Gasteiger partial charge is 0.489 e. The van der Waals surface area contributed by atoms with Gasteiger partial charge < -0.3 is 4.74 Å². The molecule has 0 N–H and O–H groups in total. The number of nitrogens with zero attached hydrogens (tertiary/aromatic N) is 2. The minimum Gasteiger partial charge on any atom is -0.489 e. The van der Waals surface area contributed by atoms with Gasteiger partial charge in [-0.15, -0.1) is 11.3 Å². The van der Waals surface area contributed by atoms with Crippen molar-refractivity contribution >= 4 is 22.1 Å². The molecule has 2 heterocycles. The molecule has 4 heteroatoms. The minimum absolute atomic E-state index is 0.362. The Morgan fingerprint density at radius 3 is 2.80 bits per heavy atom. The molecule has 1 aliphatic rings. The molecule has 1 saturated carbocycles. The molecular weight excluding hydrogens is 268 g/mol. The van der Waals surface area contributed by atoms with Crippen LogP contribution in [0, 0.1) is 0 Å². The number of hydrogen-bond donors (Lipinski definition) is 0. The van der Waals surface area contributed by atoms with Gasteiger partial charge in [-0.05, 0) is 31.4 Å². The maximum absolute atomic E-state index is 6.27. The predicted octanol–water partition coefficient (Wildman–Crippen LogP) is 4.29. The van der Waals surface area contributed by atoms with Gasteiger partial charge in [0.1, 0.15) is 5.75 Å². The quantitative estimate of drug-likeness (QED) is 0.719. The average molecular weight is 282 g/mol. The highest BCUT2D eigenvalue weighted by molar-refractivity contribution is 7.13. The zero-order valence-electron chi connectivity index (χ0n) is 11.0. The molecule has 20 heavy (non-hydrogen) atoms. The summed E-state index contributed by atoms with van der Waals surface area (Å²) in [6, 6.07) is 6.25. The molecule has 100 valence electrons. The van der Waals surface area contributed by atoms with Crippen LogP contribution in [0.5, 0.6) is 5.75 Å². The van der Waals surface area contributed by atoms with Gasteiger partial charge >= 0.3 is 0 Å². The van der Waals surface area contributed by atoms with Crippen molar-refractivity contribution in [2.24, 2.45) is 0 Å². The van der Waals surface area contributed by atoms with Crippen molar-refractivity contribution in [3.05, 3.63) is 42.3 Å². The molecule has 0 radical (unpaired) electrons. The maximum Gasteiger partial charge on any atom is 0.136 e. The van der Waals surface area contributed by atoms with Crippen LogP contribution in [0.15, 0.2) is 42.3 Å². The van der Waals surface area contributed by atoms with Crippen LogP contribution in [0.25, 0.3) is 21.2 Å². The van der Waals surface area contributed by atoms with Gasteiger partial charge in [-0.3, -0.25) is 9.97 Å². The molecule has 0 amide bonds. The van der Waals surface area contributed by atoms with Crippen LogP contribution >= 0.6 is 11.3 Å². The Balaban J connectivity index is 1.90. The Kier molecular flexibility index (Phi) is 2.89. The number of fused-ring (bicyclic) bond motifs is 1. The monoisotopic (exact) mass is 282 g/mol. The zero-order valence-corrected chi connectivity index (χ0v) is 11.8. The van der Waals surface area contributed by atoms with Crippen LogP contribution in [-0.4, -0.2) is 16.1 Å². The van der Waals surface area contributed by atoms with Crippen molar-refractivity contribution in [3.8, 4) is 16.2 Å². The van der Waals surface area contributed by atoms with Gasteiger partial charge in [-0.1, -0.05) is 6.07 Å². The number of pyridine rings is 1. The third kappa shape index (κ3) is 1.96. The molecule has 0 atom stereocenters. The molecule has 0 bridgehead atoms. The summed E-state index contributed by atoms with van der Waals surface area (Å²) >= 11 is 1.64. The number of thiazole rings is 1. The molecule has 1 aromatic carbocycles. The molecule has 0 unspecified atom stereocenters. The molecule has 3 aromatic rings. The first-order valence-corrected chi connectivity index (χ1v) is 7.72. The summed E-state index contributed by atoms with van der Waals surface area (Å²) in [5.74, 6) is 0.985. The van der Waals surface area contributed by atoms with Crippen molar-refractivity contribution in [2.75, 3.05) is 0 Å². The first kappa shape index (κ1) is 11.9. The molecule has 1 fully saturated rings. The summed E-state index contributed by atoms with van der Waals surface area (Å²) in [5, 5.41) is 2.26. The van der Waals surface area contributed by atoms with Gasteiger partial charge in [-0.2, -0.15) is 0 Å². The zero-order chi connectivity index (χ0) is 13.4. The molecule has 1 aliphatic carbocycles. The van der Waals surface area contributed by atoms with Crippen molar-refractivity contribution in [3.63, 3.8) is 0 Å². The first-order valence-electron chi connectivity index (χ1n) is 6.84. The summed E-state index contributed by atoms with van der Waals surface area (Å²) in [6.45, 7) is 0. The van der Waals surface area contributed by atoms with Gasteiger partial charge in [-0.25, -0.2) is 0 Å². The minimum atomic E-state index is 0.362.